The molecule has 0 aliphatic heterocycles. The zero-order valence-electron chi connectivity index (χ0n) is 18.9. The van der Waals surface area contributed by atoms with Crippen LogP contribution in [0.3, 0.4) is 0 Å². The molecule has 1 aliphatic carbocycles. The number of hydrogen-bond donors (Lipinski definition) is 3. The number of anilines is 2. The van der Waals surface area contributed by atoms with Gasteiger partial charge in [-0.3, -0.25) is 9.59 Å². The minimum Gasteiger partial charge on any atom is -0.397 e. The van der Waals surface area contributed by atoms with Gasteiger partial charge >= 0.3 is 0 Å². The molecule has 1 aromatic carbocycles. The molecule has 6 nitrogen and oxygen atoms in total. The van der Waals surface area contributed by atoms with Crippen LogP contribution in [-0.4, -0.2) is 16.8 Å². The summed E-state index contributed by atoms with van der Waals surface area (Å²) < 4.78 is 0. The monoisotopic (exact) mass is 490 g/mol. The molecule has 3 heterocycles. The van der Waals surface area contributed by atoms with Gasteiger partial charge in [0.15, 0.2) is 0 Å². The number of rotatable bonds is 6. The minimum absolute atomic E-state index is 0.335. The molecule has 4 aromatic rings. The molecule has 0 saturated carbocycles. The van der Waals surface area contributed by atoms with Gasteiger partial charge in [0.25, 0.3) is 11.8 Å². The van der Waals surface area contributed by atoms with Crippen LogP contribution in [0.25, 0.3) is 10.2 Å². The second-order valence-electron chi connectivity index (χ2n) is 8.63. The molecular weight excluding hydrogens is 464 g/mol. The molecule has 5 N–H and O–H groups in total. The lowest BCUT2D eigenvalue weighted by molar-refractivity contribution is 0.100. The fourth-order valence-electron chi connectivity index (χ4n) is 4.70. The molecular formula is C26H26N4O2S2. The Balaban J connectivity index is 1.45. The Labute approximate surface area is 206 Å². The van der Waals surface area contributed by atoms with E-state index in [0.717, 1.165) is 58.5 Å². The molecule has 0 bridgehead atoms. The number of aromatic nitrogens is 1. The van der Waals surface area contributed by atoms with Gasteiger partial charge in [-0.15, -0.1) is 22.7 Å². The normalized spacial score (nSPS) is 15.3. The van der Waals surface area contributed by atoms with E-state index in [0.29, 0.717) is 27.0 Å². The van der Waals surface area contributed by atoms with Crippen LogP contribution >= 0.6 is 22.7 Å². The summed E-state index contributed by atoms with van der Waals surface area (Å²) in [5.41, 5.74) is 16.2. The Bertz CT molecular complexity index is 1390. The van der Waals surface area contributed by atoms with E-state index in [4.69, 9.17) is 11.5 Å². The van der Waals surface area contributed by atoms with Crippen LogP contribution in [0.15, 0.2) is 42.5 Å². The van der Waals surface area contributed by atoms with E-state index in [2.05, 4.69) is 41.5 Å². The lowest BCUT2D eigenvalue weighted by atomic mass is 9.83. The Morgan fingerprint density at radius 1 is 1.15 bits per heavy atom. The van der Waals surface area contributed by atoms with Gasteiger partial charge in [0, 0.05) is 16.0 Å². The average molecular weight is 491 g/mol. The van der Waals surface area contributed by atoms with Crippen molar-refractivity contribution < 1.29 is 9.59 Å². The maximum absolute atomic E-state index is 13.2. The fraction of sp³-hybridized carbons (Fsp3) is 0.269. The molecule has 0 fully saturated rings. The van der Waals surface area contributed by atoms with E-state index in [1.807, 2.05) is 18.2 Å². The van der Waals surface area contributed by atoms with Gasteiger partial charge in [0.2, 0.25) is 0 Å². The van der Waals surface area contributed by atoms with E-state index in [9.17, 15) is 9.59 Å². The number of nitrogen functional groups attached to an aromatic ring is 1. The first-order chi connectivity index (χ1) is 16.5. The number of fused-ring (bicyclic) bond motifs is 2. The van der Waals surface area contributed by atoms with Crippen LogP contribution < -0.4 is 16.8 Å². The number of aryl methyl sites for hydroxylation is 1. The summed E-state index contributed by atoms with van der Waals surface area (Å²) in [5, 5.41) is 4.23. The van der Waals surface area contributed by atoms with Gasteiger partial charge in [-0.05, 0) is 54.9 Å². The average Bonchev–Trinajstić information content (AvgIpc) is 3.36. The number of benzene rings is 1. The Hall–Kier alpha value is -3.23. The lowest BCUT2D eigenvalue weighted by Crippen LogP contribution is -2.19. The highest BCUT2D eigenvalue weighted by Gasteiger charge is 2.30. The van der Waals surface area contributed by atoms with Gasteiger partial charge in [0.05, 0.1) is 11.3 Å². The fourth-order valence-corrected chi connectivity index (χ4v) is 7.04. The maximum atomic E-state index is 13.2. The molecule has 34 heavy (non-hydrogen) atoms. The van der Waals surface area contributed by atoms with Crippen LogP contribution in [0.4, 0.5) is 10.7 Å². The number of amides is 2. The lowest BCUT2D eigenvalue weighted by Gasteiger charge is -2.22. The molecule has 8 heteroatoms. The molecule has 0 saturated heterocycles. The smallest absolute Gasteiger partial charge is 0.268 e. The van der Waals surface area contributed by atoms with Crippen molar-refractivity contribution in [3.63, 3.8) is 0 Å². The second-order valence-corrected chi connectivity index (χ2v) is 10.7. The summed E-state index contributed by atoms with van der Waals surface area (Å²) in [6.45, 7) is 2.10. The number of thiophene rings is 2. The number of nitrogens with zero attached hydrogens (tertiary/aromatic N) is 1. The summed E-state index contributed by atoms with van der Waals surface area (Å²) in [5.74, 6) is -0.461. The summed E-state index contributed by atoms with van der Waals surface area (Å²) in [7, 11) is 0. The highest BCUT2D eigenvalue weighted by Crippen LogP contribution is 2.43. The van der Waals surface area contributed by atoms with E-state index >= 15 is 0 Å². The van der Waals surface area contributed by atoms with E-state index < -0.39 is 5.91 Å². The molecule has 1 unspecified atom stereocenters. The number of carbonyl (C=O) groups excluding carboxylic acids is 2. The molecule has 0 spiro atoms. The third-order valence-electron chi connectivity index (χ3n) is 6.37. The van der Waals surface area contributed by atoms with Gasteiger partial charge in [-0.25, -0.2) is 4.98 Å². The number of nitrogens with one attached hydrogen (secondary N) is 1. The van der Waals surface area contributed by atoms with Crippen molar-refractivity contribution in [2.45, 2.75) is 44.9 Å². The van der Waals surface area contributed by atoms with Crippen molar-refractivity contribution in [2.75, 3.05) is 11.1 Å². The first-order valence-electron chi connectivity index (χ1n) is 11.4. The second kappa shape index (κ2) is 9.19. The van der Waals surface area contributed by atoms with E-state index in [1.165, 1.54) is 28.2 Å². The van der Waals surface area contributed by atoms with E-state index in [1.54, 1.807) is 0 Å². The molecule has 2 amide bonds. The first kappa shape index (κ1) is 22.6. The zero-order chi connectivity index (χ0) is 23.8. The standard InChI is InChI=1S/C26H26N4O2S2/c1-2-6-16-10-12-18-21(27)22(34-25(18)29-16)24(32)30-26-20(23(28)31)17-11-9-15(13-19(17)33-26)14-7-4-3-5-8-14/h3-5,7-8,10,12,15H,2,6,9,11,13,27H2,1H3,(H2,28,31)(H,30,32). The van der Waals surface area contributed by atoms with Crippen molar-refractivity contribution in [3.8, 4) is 0 Å². The summed E-state index contributed by atoms with van der Waals surface area (Å²) >= 11 is 2.73. The van der Waals surface area contributed by atoms with Crippen molar-refractivity contribution in [2.24, 2.45) is 5.73 Å². The van der Waals surface area contributed by atoms with Crippen molar-refractivity contribution in [3.05, 3.63) is 74.6 Å². The Morgan fingerprint density at radius 3 is 2.68 bits per heavy atom. The minimum atomic E-state index is -0.513. The molecule has 0 radical (unpaired) electrons. The topological polar surface area (TPSA) is 111 Å². The summed E-state index contributed by atoms with van der Waals surface area (Å²) in [4.78, 5) is 32.5. The highest BCUT2D eigenvalue weighted by atomic mass is 32.1. The molecule has 1 atom stereocenters. The predicted molar refractivity (Wildman–Crippen MR) is 140 cm³/mol. The maximum Gasteiger partial charge on any atom is 0.268 e. The first-order valence-corrected chi connectivity index (χ1v) is 13.1. The number of pyridine rings is 1. The predicted octanol–water partition coefficient (Wildman–Crippen LogP) is 5.52. The third-order valence-corrected chi connectivity index (χ3v) is 8.66. The number of nitrogens with two attached hydrogens (primary N) is 2. The number of primary amides is 1. The highest BCUT2D eigenvalue weighted by molar-refractivity contribution is 7.21. The van der Waals surface area contributed by atoms with Gasteiger partial charge in [-0.2, -0.15) is 0 Å². The van der Waals surface area contributed by atoms with E-state index in [-0.39, 0.29) is 5.91 Å². The van der Waals surface area contributed by atoms with Gasteiger partial charge in [0.1, 0.15) is 14.7 Å². The quantitative estimate of drug-likeness (QED) is 0.331. The van der Waals surface area contributed by atoms with Crippen LogP contribution in [0.5, 0.6) is 0 Å². The number of hydrogen-bond acceptors (Lipinski definition) is 6. The zero-order valence-corrected chi connectivity index (χ0v) is 20.5. The van der Waals surface area contributed by atoms with Crippen molar-refractivity contribution in [1.29, 1.82) is 0 Å². The Morgan fingerprint density at radius 2 is 1.94 bits per heavy atom. The molecule has 174 valence electrons. The summed E-state index contributed by atoms with van der Waals surface area (Å²) in [6.07, 6.45) is 4.40. The molecule has 3 aromatic heterocycles. The van der Waals surface area contributed by atoms with Gasteiger partial charge in [-0.1, -0.05) is 43.7 Å². The van der Waals surface area contributed by atoms with Crippen LogP contribution in [0.2, 0.25) is 0 Å². The SMILES string of the molecule is CCCc1ccc2c(N)c(C(=O)Nc3sc4c(c3C(N)=O)CCC(c3ccccc3)C4)sc2n1. The number of carbonyl (C=O) groups is 2. The largest absolute Gasteiger partial charge is 0.397 e. The molecule has 1 aliphatic rings. The molecule has 5 rings (SSSR count). The van der Waals surface area contributed by atoms with Crippen LogP contribution in [0.1, 0.15) is 67.4 Å². The Kier molecular flexibility index (Phi) is 6.10. The van der Waals surface area contributed by atoms with Crippen molar-refractivity contribution in [1.82, 2.24) is 4.98 Å². The van der Waals surface area contributed by atoms with Gasteiger partial charge < -0.3 is 16.8 Å². The third kappa shape index (κ3) is 4.08. The van der Waals surface area contributed by atoms with Crippen LogP contribution in [-0.2, 0) is 19.3 Å². The van der Waals surface area contributed by atoms with Crippen molar-refractivity contribution >= 4 is 55.4 Å². The summed E-state index contributed by atoms with van der Waals surface area (Å²) in [6, 6.07) is 14.3. The van der Waals surface area contributed by atoms with Crippen LogP contribution in [0, 0.1) is 0 Å².